The molecule has 1 amide bonds. The van der Waals surface area contributed by atoms with Crippen LogP contribution in [-0.2, 0) is 20.8 Å². The minimum Gasteiger partial charge on any atom is -0.381 e. The number of fused-ring (bicyclic) bond motifs is 1. The van der Waals surface area contributed by atoms with Gasteiger partial charge in [0.05, 0.1) is 11.0 Å². The standard InChI is InChI=1S/C17H20N2O4.2C5H10O/c1-3-23-12-6-4-11(5-7-12)13-8-9-15(19(21)22)16-14(13)10-18(2)17(16)20;2*1-2-4-6-5-3-1/h4,8-9,12H,3,5-7,10H2,1-2H3;2*1-5H2. The predicted octanol–water partition coefficient (Wildman–Crippen LogP) is 5.53. The summed E-state index contributed by atoms with van der Waals surface area (Å²) in [5.74, 6) is -0.267. The Kier molecular flexibility index (Phi) is 11.2. The topological polar surface area (TPSA) is 91.1 Å². The van der Waals surface area contributed by atoms with E-state index in [0.29, 0.717) is 13.2 Å². The Bertz CT molecular complexity index is 842. The molecule has 8 nitrogen and oxygen atoms in total. The molecule has 8 heteroatoms. The molecule has 1 aromatic rings. The maximum atomic E-state index is 12.3. The lowest BCUT2D eigenvalue weighted by Gasteiger charge is -2.23. The molecule has 3 aliphatic heterocycles. The number of carbonyl (C=O) groups excluding carboxylic acids is 1. The van der Waals surface area contributed by atoms with Gasteiger partial charge in [-0.1, -0.05) is 6.08 Å². The molecular weight excluding hydrogens is 448 g/mol. The molecule has 1 aromatic carbocycles. The largest absolute Gasteiger partial charge is 0.381 e. The molecule has 0 bridgehead atoms. The third-order valence-electron chi connectivity index (χ3n) is 6.71. The zero-order chi connectivity index (χ0) is 25.0. The summed E-state index contributed by atoms with van der Waals surface area (Å²) in [5, 5.41) is 11.2. The number of nitrogens with zero attached hydrogens (tertiary/aromatic N) is 2. The minimum atomic E-state index is -0.472. The lowest BCUT2D eigenvalue weighted by Crippen LogP contribution is -2.18. The van der Waals surface area contributed by atoms with Crippen molar-refractivity contribution in [3.63, 3.8) is 0 Å². The number of nitro benzene ring substituents is 1. The highest BCUT2D eigenvalue weighted by Gasteiger charge is 2.35. The first-order valence-electron chi connectivity index (χ1n) is 13.0. The molecule has 194 valence electrons. The second kappa shape index (κ2) is 14.3. The molecule has 0 spiro atoms. The fraction of sp³-hybridized carbons (Fsp3) is 0.667. The summed E-state index contributed by atoms with van der Waals surface area (Å²) >= 11 is 0. The first-order chi connectivity index (χ1) is 17.0. The van der Waals surface area contributed by atoms with Gasteiger partial charge in [-0.05, 0) is 87.5 Å². The summed E-state index contributed by atoms with van der Waals surface area (Å²) < 4.78 is 15.8. The van der Waals surface area contributed by atoms with Crippen LogP contribution >= 0.6 is 0 Å². The van der Waals surface area contributed by atoms with Crippen LogP contribution in [0.1, 0.15) is 86.2 Å². The van der Waals surface area contributed by atoms with Gasteiger partial charge < -0.3 is 19.1 Å². The summed E-state index contributed by atoms with van der Waals surface area (Å²) in [6.07, 6.45) is 12.9. The van der Waals surface area contributed by atoms with E-state index in [4.69, 9.17) is 14.2 Å². The number of benzene rings is 1. The Morgan fingerprint density at radius 3 is 2.11 bits per heavy atom. The molecule has 2 fully saturated rings. The highest BCUT2D eigenvalue weighted by molar-refractivity contribution is 6.03. The van der Waals surface area contributed by atoms with Crippen LogP contribution in [0.5, 0.6) is 0 Å². The van der Waals surface area contributed by atoms with E-state index in [9.17, 15) is 14.9 Å². The summed E-state index contributed by atoms with van der Waals surface area (Å²) in [6.45, 7) is 7.13. The first-order valence-corrected chi connectivity index (χ1v) is 13.0. The Morgan fingerprint density at radius 1 is 1.06 bits per heavy atom. The Balaban J connectivity index is 0.000000231. The van der Waals surface area contributed by atoms with E-state index in [0.717, 1.165) is 62.4 Å². The molecular formula is C27H40N2O6. The van der Waals surface area contributed by atoms with Gasteiger partial charge in [-0.15, -0.1) is 0 Å². The molecule has 4 aliphatic rings. The van der Waals surface area contributed by atoms with Crippen LogP contribution in [0.2, 0.25) is 0 Å². The van der Waals surface area contributed by atoms with E-state index < -0.39 is 4.92 Å². The van der Waals surface area contributed by atoms with Crippen LogP contribution < -0.4 is 0 Å². The van der Waals surface area contributed by atoms with E-state index in [1.165, 1.54) is 49.5 Å². The third kappa shape index (κ3) is 7.85. The molecule has 0 saturated carbocycles. The lowest BCUT2D eigenvalue weighted by molar-refractivity contribution is -0.385. The molecule has 35 heavy (non-hydrogen) atoms. The van der Waals surface area contributed by atoms with Crippen LogP contribution in [0.15, 0.2) is 18.2 Å². The zero-order valence-electron chi connectivity index (χ0n) is 21.3. The maximum Gasteiger partial charge on any atom is 0.282 e. The van der Waals surface area contributed by atoms with Crippen molar-refractivity contribution in [3.05, 3.63) is 45.0 Å². The number of hydrogen-bond donors (Lipinski definition) is 0. The van der Waals surface area contributed by atoms with Gasteiger partial charge in [0.25, 0.3) is 11.6 Å². The van der Waals surface area contributed by atoms with E-state index in [-0.39, 0.29) is 23.3 Å². The van der Waals surface area contributed by atoms with Gasteiger partial charge in [0.15, 0.2) is 0 Å². The van der Waals surface area contributed by atoms with Crippen LogP contribution in [-0.4, -0.2) is 61.9 Å². The van der Waals surface area contributed by atoms with Crippen molar-refractivity contribution in [3.8, 4) is 0 Å². The maximum absolute atomic E-state index is 12.3. The molecule has 3 heterocycles. The molecule has 0 N–H and O–H groups in total. The van der Waals surface area contributed by atoms with E-state index >= 15 is 0 Å². The molecule has 5 rings (SSSR count). The van der Waals surface area contributed by atoms with Crippen molar-refractivity contribution in [2.45, 2.75) is 77.4 Å². The molecule has 2 saturated heterocycles. The number of amides is 1. The Hall–Kier alpha value is -2.29. The van der Waals surface area contributed by atoms with Crippen LogP contribution in [0.25, 0.3) is 5.57 Å². The quantitative estimate of drug-likeness (QED) is 0.409. The second-order valence-electron chi connectivity index (χ2n) is 9.33. The molecule has 1 unspecified atom stereocenters. The van der Waals surface area contributed by atoms with Crippen LogP contribution in [0.4, 0.5) is 5.69 Å². The Morgan fingerprint density at radius 2 is 1.69 bits per heavy atom. The van der Waals surface area contributed by atoms with Crippen molar-refractivity contribution in [1.29, 1.82) is 0 Å². The van der Waals surface area contributed by atoms with Gasteiger partial charge in [0, 0.05) is 52.7 Å². The van der Waals surface area contributed by atoms with Crippen LogP contribution in [0.3, 0.4) is 0 Å². The summed E-state index contributed by atoms with van der Waals surface area (Å²) in [4.78, 5) is 24.6. The minimum absolute atomic E-state index is 0.0956. The average Bonchev–Trinajstić information content (AvgIpc) is 3.21. The van der Waals surface area contributed by atoms with Crippen molar-refractivity contribution < 1.29 is 23.9 Å². The molecule has 0 radical (unpaired) electrons. The van der Waals surface area contributed by atoms with E-state index in [2.05, 4.69) is 6.08 Å². The summed E-state index contributed by atoms with van der Waals surface area (Å²) in [5.41, 5.74) is 3.07. The highest BCUT2D eigenvalue weighted by atomic mass is 16.6. The van der Waals surface area contributed by atoms with E-state index in [1.807, 2.05) is 6.92 Å². The molecule has 0 aromatic heterocycles. The third-order valence-corrected chi connectivity index (χ3v) is 6.71. The van der Waals surface area contributed by atoms with Gasteiger partial charge in [-0.3, -0.25) is 14.9 Å². The predicted molar refractivity (Wildman–Crippen MR) is 135 cm³/mol. The number of carbonyl (C=O) groups is 1. The molecule has 1 atom stereocenters. The molecule has 1 aliphatic carbocycles. The zero-order valence-corrected chi connectivity index (χ0v) is 21.3. The SMILES string of the molecule is C1CCOCC1.C1CCOCC1.CCOC1CC=C(c2ccc([N+](=O)[O-])c3c2CN(C)C3=O)CC1. The van der Waals surface area contributed by atoms with E-state index in [1.54, 1.807) is 13.1 Å². The monoisotopic (exact) mass is 488 g/mol. The van der Waals surface area contributed by atoms with Gasteiger partial charge in [-0.25, -0.2) is 0 Å². The summed E-state index contributed by atoms with van der Waals surface area (Å²) in [7, 11) is 1.68. The number of rotatable bonds is 4. The number of ether oxygens (including phenoxy) is 3. The number of allylic oxidation sites excluding steroid dienone is 1. The van der Waals surface area contributed by atoms with Gasteiger partial charge in [0.2, 0.25) is 0 Å². The highest BCUT2D eigenvalue weighted by Crippen LogP contribution is 2.38. The van der Waals surface area contributed by atoms with Crippen molar-refractivity contribution in [1.82, 2.24) is 4.90 Å². The van der Waals surface area contributed by atoms with Crippen molar-refractivity contribution >= 4 is 17.2 Å². The number of nitro groups is 1. The first kappa shape index (κ1) is 27.3. The number of hydrogen-bond acceptors (Lipinski definition) is 6. The smallest absolute Gasteiger partial charge is 0.282 e. The normalized spacial score (nSPS) is 21.7. The average molecular weight is 489 g/mol. The fourth-order valence-corrected chi connectivity index (χ4v) is 4.81. The van der Waals surface area contributed by atoms with Gasteiger partial charge >= 0.3 is 0 Å². The second-order valence-corrected chi connectivity index (χ2v) is 9.33. The summed E-state index contributed by atoms with van der Waals surface area (Å²) in [6, 6.07) is 3.25. The van der Waals surface area contributed by atoms with Crippen molar-refractivity contribution in [2.75, 3.05) is 40.1 Å². The van der Waals surface area contributed by atoms with Gasteiger partial charge in [-0.2, -0.15) is 0 Å². The van der Waals surface area contributed by atoms with Crippen molar-refractivity contribution in [2.24, 2.45) is 0 Å². The fourth-order valence-electron chi connectivity index (χ4n) is 4.81. The Labute approximate surface area is 208 Å². The van der Waals surface area contributed by atoms with Crippen LogP contribution in [0, 0.1) is 10.1 Å². The van der Waals surface area contributed by atoms with Gasteiger partial charge in [0.1, 0.15) is 5.56 Å². The lowest BCUT2D eigenvalue weighted by atomic mass is 9.88.